The largest absolute Gasteiger partial charge is 0.480 e. The zero-order chi connectivity index (χ0) is 14.5. The SMILES string of the molecule is CNC(c1ccccc1I)c1ncc(OC)nc1OC. The second-order valence-corrected chi connectivity index (χ2v) is 5.21. The van der Waals surface area contributed by atoms with E-state index in [1.807, 2.05) is 19.2 Å². The van der Waals surface area contributed by atoms with Crippen LogP contribution < -0.4 is 14.8 Å². The maximum absolute atomic E-state index is 5.34. The molecule has 0 saturated heterocycles. The molecule has 2 aromatic rings. The number of methoxy groups -OCH3 is 2. The Hall–Kier alpha value is -1.41. The lowest BCUT2D eigenvalue weighted by atomic mass is 10.0. The van der Waals surface area contributed by atoms with Gasteiger partial charge >= 0.3 is 0 Å². The number of aromatic nitrogens is 2. The molecule has 106 valence electrons. The van der Waals surface area contributed by atoms with Gasteiger partial charge in [0.05, 0.1) is 26.5 Å². The predicted molar refractivity (Wildman–Crippen MR) is 85.2 cm³/mol. The van der Waals surface area contributed by atoms with Gasteiger partial charge in [-0.1, -0.05) is 18.2 Å². The van der Waals surface area contributed by atoms with Gasteiger partial charge in [-0.2, -0.15) is 4.98 Å². The minimum absolute atomic E-state index is 0.0866. The fraction of sp³-hybridized carbons (Fsp3) is 0.286. The Morgan fingerprint density at radius 2 is 1.95 bits per heavy atom. The first-order valence-electron chi connectivity index (χ1n) is 6.07. The van der Waals surface area contributed by atoms with Gasteiger partial charge in [-0.25, -0.2) is 4.98 Å². The number of halogens is 1. The molecule has 1 aromatic heterocycles. The number of benzene rings is 1. The molecule has 6 heteroatoms. The summed E-state index contributed by atoms with van der Waals surface area (Å²) in [7, 11) is 5.02. The zero-order valence-corrected chi connectivity index (χ0v) is 13.7. The summed E-state index contributed by atoms with van der Waals surface area (Å²) in [4.78, 5) is 8.71. The van der Waals surface area contributed by atoms with Crippen LogP contribution >= 0.6 is 22.6 Å². The molecule has 2 rings (SSSR count). The van der Waals surface area contributed by atoms with E-state index >= 15 is 0 Å². The molecule has 1 unspecified atom stereocenters. The fourth-order valence-corrected chi connectivity index (χ4v) is 2.66. The Balaban J connectivity index is 2.49. The van der Waals surface area contributed by atoms with Crippen LogP contribution in [0.1, 0.15) is 17.3 Å². The van der Waals surface area contributed by atoms with Crippen molar-refractivity contribution < 1.29 is 9.47 Å². The Morgan fingerprint density at radius 1 is 1.20 bits per heavy atom. The highest BCUT2D eigenvalue weighted by Gasteiger charge is 2.21. The third-order valence-electron chi connectivity index (χ3n) is 2.93. The molecular formula is C14H16IN3O2. The van der Waals surface area contributed by atoms with E-state index in [-0.39, 0.29) is 6.04 Å². The van der Waals surface area contributed by atoms with Crippen LogP contribution in [0.2, 0.25) is 0 Å². The highest BCUT2D eigenvalue weighted by atomic mass is 127. The van der Waals surface area contributed by atoms with E-state index in [1.54, 1.807) is 20.4 Å². The van der Waals surface area contributed by atoms with Gasteiger partial charge in [-0.05, 0) is 41.3 Å². The highest BCUT2D eigenvalue weighted by Crippen LogP contribution is 2.30. The van der Waals surface area contributed by atoms with Crippen molar-refractivity contribution >= 4 is 22.6 Å². The topological polar surface area (TPSA) is 56.3 Å². The lowest BCUT2D eigenvalue weighted by molar-refractivity contribution is 0.353. The number of nitrogens with one attached hydrogen (secondary N) is 1. The Morgan fingerprint density at radius 3 is 2.55 bits per heavy atom. The van der Waals surface area contributed by atoms with Crippen LogP contribution in [-0.4, -0.2) is 31.2 Å². The van der Waals surface area contributed by atoms with Crippen LogP contribution in [0.5, 0.6) is 11.8 Å². The van der Waals surface area contributed by atoms with E-state index < -0.39 is 0 Å². The first kappa shape index (κ1) is 15.0. The maximum Gasteiger partial charge on any atom is 0.240 e. The molecule has 0 aliphatic heterocycles. The van der Waals surface area contributed by atoms with Crippen LogP contribution in [0.3, 0.4) is 0 Å². The van der Waals surface area contributed by atoms with Gasteiger partial charge < -0.3 is 14.8 Å². The molecule has 5 nitrogen and oxygen atoms in total. The molecule has 0 radical (unpaired) electrons. The summed E-state index contributed by atoms with van der Waals surface area (Å²) in [6.07, 6.45) is 1.60. The monoisotopic (exact) mass is 385 g/mol. The lowest BCUT2D eigenvalue weighted by Crippen LogP contribution is -2.21. The summed E-state index contributed by atoms with van der Waals surface area (Å²) in [5.74, 6) is 0.895. The van der Waals surface area contributed by atoms with Crippen molar-refractivity contribution in [2.24, 2.45) is 0 Å². The van der Waals surface area contributed by atoms with Crippen molar-refractivity contribution in [1.82, 2.24) is 15.3 Å². The second-order valence-electron chi connectivity index (χ2n) is 4.05. The van der Waals surface area contributed by atoms with Crippen LogP contribution in [0, 0.1) is 3.57 Å². The van der Waals surface area contributed by atoms with Crippen molar-refractivity contribution in [1.29, 1.82) is 0 Å². The van der Waals surface area contributed by atoms with Crippen LogP contribution in [0.25, 0.3) is 0 Å². The van der Waals surface area contributed by atoms with Gasteiger partial charge in [0.1, 0.15) is 5.69 Å². The van der Waals surface area contributed by atoms with E-state index in [0.717, 1.165) is 14.8 Å². The number of nitrogens with zero attached hydrogens (tertiary/aromatic N) is 2. The predicted octanol–water partition coefficient (Wildman–Crippen LogP) is 2.41. The van der Waals surface area contributed by atoms with Crippen molar-refractivity contribution in [3.8, 4) is 11.8 Å². The van der Waals surface area contributed by atoms with Gasteiger partial charge in [0.25, 0.3) is 0 Å². The molecule has 20 heavy (non-hydrogen) atoms. The quantitative estimate of drug-likeness (QED) is 0.802. The average molecular weight is 385 g/mol. The number of ether oxygens (including phenoxy) is 2. The summed E-state index contributed by atoms with van der Waals surface area (Å²) in [6, 6.07) is 8.05. The standard InChI is InChI=1S/C14H16IN3O2/c1-16-12(9-6-4-5-7-10(9)15)13-14(20-3)18-11(19-2)8-17-13/h4-8,12,16H,1-3H3. The van der Waals surface area contributed by atoms with Gasteiger partial charge in [-0.3, -0.25) is 0 Å². The number of hydrogen-bond acceptors (Lipinski definition) is 5. The maximum atomic E-state index is 5.34. The summed E-state index contributed by atoms with van der Waals surface area (Å²) < 4.78 is 11.6. The van der Waals surface area contributed by atoms with Gasteiger partial charge in [0.15, 0.2) is 0 Å². The molecule has 1 atom stereocenters. The molecular weight excluding hydrogens is 369 g/mol. The average Bonchev–Trinajstić information content (AvgIpc) is 2.50. The first-order valence-corrected chi connectivity index (χ1v) is 7.15. The van der Waals surface area contributed by atoms with Crippen LogP contribution in [0.15, 0.2) is 30.5 Å². The summed E-state index contributed by atoms with van der Waals surface area (Å²) in [5.41, 5.74) is 1.87. The number of rotatable bonds is 5. The molecule has 0 aliphatic carbocycles. The van der Waals surface area contributed by atoms with Gasteiger partial charge in [0, 0.05) is 3.57 Å². The molecule has 0 bridgehead atoms. The normalized spacial score (nSPS) is 12.0. The molecule has 0 saturated carbocycles. The van der Waals surface area contributed by atoms with E-state index in [4.69, 9.17) is 9.47 Å². The zero-order valence-electron chi connectivity index (χ0n) is 11.6. The van der Waals surface area contributed by atoms with E-state index in [0.29, 0.717) is 11.8 Å². The summed E-state index contributed by atoms with van der Waals surface area (Å²) in [5, 5.41) is 3.26. The van der Waals surface area contributed by atoms with Gasteiger partial charge in [-0.15, -0.1) is 0 Å². The minimum atomic E-state index is -0.0866. The molecule has 0 aliphatic rings. The Labute approximate surface area is 131 Å². The van der Waals surface area contributed by atoms with Crippen molar-refractivity contribution in [2.75, 3.05) is 21.3 Å². The molecule has 0 fully saturated rings. The van der Waals surface area contributed by atoms with E-state index in [2.05, 4.69) is 50.0 Å². The third-order valence-corrected chi connectivity index (χ3v) is 3.91. The summed E-state index contributed by atoms with van der Waals surface area (Å²) >= 11 is 2.31. The van der Waals surface area contributed by atoms with Gasteiger partial charge in [0.2, 0.25) is 11.8 Å². The number of hydrogen-bond donors (Lipinski definition) is 1. The van der Waals surface area contributed by atoms with Crippen LogP contribution in [-0.2, 0) is 0 Å². The first-order chi connectivity index (χ1) is 9.71. The second kappa shape index (κ2) is 6.85. The fourth-order valence-electron chi connectivity index (χ4n) is 1.96. The third kappa shape index (κ3) is 3.01. The molecule has 1 aromatic carbocycles. The Bertz CT molecular complexity index is 592. The van der Waals surface area contributed by atoms with E-state index in [1.165, 1.54) is 0 Å². The summed E-state index contributed by atoms with van der Waals surface area (Å²) in [6.45, 7) is 0. The van der Waals surface area contributed by atoms with Crippen LogP contribution in [0.4, 0.5) is 0 Å². The van der Waals surface area contributed by atoms with Crippen molar-refractivity contribution in [2.45, 2.75) is 6.04 Å². The van der Waals surface area contributed by atoms with Crippen molar-refractivity contribution in [3.05, 3.63) is 45.3 Å². The van der Waals surface area contributed by atoms with E-state index in [9.17, 15) is 0 Å². The highest BCUT2D eigenvalue weighted by molar-refractivity contribution is 14.1. The Kier molecular flexibility index (Phi) is 5.13. The molecule has 0 amide bonds. The van der Waals surface area contributed by atoms with Crippen molar-refractivity contribution in [3.63, 3.8) is 0 Å². The molecule has 0 spiro atoms. The molecule has 1 N–H and O–H groups in total. The molecule has 1 heterocycles. The minimum Gasteiger partial charge on any atom is -0.480 e. The lowest BCUT2D eigenvalue weighted by Gasteiger charge is -2.19. The smallest absolute Gasteiger partial charge is 0.240 e.